The summed E-state index contributed by atoms with van der Waals surface area (Å²) < 4.78 is 15.8. The molecule has 3 atom stereocenters. The number of ether oxygens (including phenoxy) is 3. The van der Waals surface area contributed by atoms with Crippen LogP contribution in [0.4, 0.5) is 0 Å². The summed E-state index contributed by atoms with van der Waals surface area (Å²) in [6.45, 7) is 8.86. The van der Waals surface area contributed by atoms with E-state index >= 15 is 0 Å². The fourth-order valence-corrected chi connectivity index (χ4v) is 4.79. The Morgan fingerprint density at radius 1 is 1.07 bits per heavy atom. The average molecular weight is 389 g/mol. The lowest BCUT2D eigenvalue weighted by Crippen LogP contribution is -2.48. The van der Waals surface area contributed by atoms with Gasteiger partial charge in [-0.2, -0.15) is 0 Å². The van der Waals surface area contributed by atoms with E-state index in [1.807, 2.05) is 6.92 Å². The molecule has 0 heterocycles. The number of amides is 1. The van der Waals surface area contributed by atoms with E-state index in [-0.39, 0.29) is 36.0 Å². The first-order valence-electron chi connectivity index (χ1n) is 10.1. The molecule has 6 nitrogen and oxygen atoms in total. The van der Waals surface area contributed by atoms with E-state index in [0.717, 1.165) is 18.6 Å². The van der Waals surface area contributed by atoms with Crippen LogP contribution >= 0.6 is 0 Å². The number of fused-ring (bicyclic) bond motifs is 2. The first-order chi connectivity index (χ1) is 13.3. The van der Waals surface area contributed by atoms with Crippen LogP contribution < -0.4 is 14.8 Å². The van der Waals surface area contributed by atoms with Crippen LogP contribution in [0.1, 0.15) is 47.0 Å². The van der Waals surface area contributed by atoms with Crippen molar-refractivity contribution in [3.63, 3.8) is 0 Å². The van der Waals surface area contributed by atoms with Crippen LogP contribution in [0.25, 0.3) is 0 Å². The Morgan fingerprint density at radius 2 is 1.71 bits per heavy atom. The molecular weight excluding hydrogens is 358 g/mol. The fraction of sp³-hybridized carbons (Fsp3) is 0.636. The highest BCUT2D eigenvalue weighted by atomic mass is 16.6. The Labute approximate surface area is 166 Å². The maximum absolute atomic E-state index is 12.3. The molecule has 6 heteroatoms. The van der Waals surface area contributed by atoms with Crippen LogP contribution in [0.5, 0.6) is 11.5 Å². The SMILES string of the molecule is CCOc1ccc(OCC(=O)OCC(=O)NC2CC3CCC2(C)C3(C)C)cc1. The number of carbonyl (C=O) groups is 2. The number of hydrogen-bond acceptors (Lipinski definition) is 5. The minimum absolute atomic E-state index is 0.105. The van der Waals surface area contributed by atoms with Gasteiger partial charge in [0, 0.05) is 6.04 Å². The predicted molar refractivity (Wildman–Crippen MR) is 105 cm³/mol. The summed E-state index contributed by atoms with van der Waals surface area (Å²) in [6.07, 6.45) is 3.36. The Bertz CT molecular complexity index is 714. The second-order valence-corrected chi connectivity index (χ2v) is 8.58. The van der Waals surface area contributed by atoms with Crippen LogP contribution in [0.2, 0.25) is 0 Å². The summed E-state index contributed by atoms with van der Waals surface area (Å²) in [6, 6.07) is 7.14. The topological polar surface area (TPSA) is 73.9 Å². The molecule has 3 rings (SSSR count). The number of nitrogens with one attached hydrogen (secondary N) is 1. The number of benzene rings is 1. The van der Waals surface area contributed by atoms with Crippen molar-refractivity contribution >= 4 is 11.9 Å². The molecule has 1 N–H and O–H groups in total. The molecule has 0 spiro atoms. The highest BCUT2D eigenvalue weighted by Crippen LogP contribution is 2.65. The quantitative estimate of drug-likeness (QED) is 0.691. The molecule has 2 saturated carbocycles. The third-order valence-corrected chi connectivity index (χ3v) is 6.98. The lowest BCUT2D eigenvalue weighted by Gasteiger charge is -2.39. The minimum atomic E-state index is -0.566. The summed E-state index contributed by atoms with van der Waals surface area (Å²) in [4.78, 5) is 24.1. The van der Waals surface area contributed by atoms with Crippen LogP contribution in [0, 0.1) is 16.7 Å². The molecule has 1 amide bonds. The third kappa shape index (κ3) is 3.96. The summed E-state index contributed by atoms with van der Waals surface area (Å²) >= 11 is 0. The summed E-state index contributed by atoms with van der Waals surface area (Å²) in [5, 5.41) is 3.08. The van der Waals surface area contributed by atoms with Crippen molar-refractivity contribution in [2.45, 2.75) is 53.0 Å². The third-order valence-electron chi connectivity index (χ3n) is 6.98. The standard InChI is InChI=1S/C22H31NO5/c1-5-26-16-6-8-17(9-7-16)27-14-20(25)28-13-19(24)23-18-12-15-10-11-22(18,4)21(15,2)3/h6-9,15,18H,5,10-14H2,1-4H3,(H,23,24). The van der Waals surface area contributed by atoms with Crippen molar-refractivity contribution in [2.24, 2.45) is 16.7 Å². The summed E-state index contributed by atoms with van der Waals surface area (Å²) in [5.74, 6) is 1.12. The van der Waals surface area contributed by atoms with Crippen LogP contribution in [0.3, 0.4) is 0 Å². The highest BCUT2D eigenvalue weighted by Gasteiger charge is 2.61. The van der Waals surface area contributed by atoms with Crippen LogP contribution in [0.15, 0.2) is 24.3 Å². The van der Waals surface area contributed by atoms with Crippen LogP contribution in [-0.4, -0.2) is 37.7 Å². The van der Waals surface area contributed by atoms with Gasteiger partial charge in [-0.05, 0) is 67.2 Å². The zero-order chi connectivity index (χ0) is 20.4. The molecule has 0 saturated heterocycles. The Morgan fingerprint density at radius 3 is 2.25 bits per heavy atom. The molecule has 2 fully saturated rings. The van der Waals surface area contributed by atoms with Gasteiger partial charge in [0.25, 0.3) is 5.91 Å². The first-order valence-corrected chi connectivity index (χ1v) is 10.1. The van der Waals surface area contributed by atoms with Gasteiger partial charge >= 0.3 is 5.97 Å². The van der Waals surface area contributed by atoms with Gasteiger partial charge in [-0.1, -0.05) is 20.8 Å². The molecular formula is C22H31NO5. The second-order valence-electron chi connectivity index (χ2n) is 8.58. The van der Waals surface area contributed by atoms with Gasteiger partial charge in [0.05, 0.1) is 6.61 Å². The van der Waals surface area contributed by atoms with Crippen molar-refractivity contribution in [2.75, 3.05) is 19.8 Å². The number of rotatable bonds is 8. The summed E-state index contributed by atoms with van der Waals surface area (Å²) in [7, 11) is 0. The molecule has 2 bridgehead atoms. The Kier molecular flexibility index (Phi) is 5.87. The van der Waals surface area contributed by atoms with Crippen molar-refractivity contribution in [3.8, 4) is 11.5 Å². The molecule has 0 aromatic heterocycles. The lowest BCUT2D eigenvalue weighted by molar-refractivity contribution is -0.150. The van der Waals surface area contributed by atoms with E-state index in [9.17, 15) is 9.59 Å². The van der Waals surface area contributed by atoms with E-state index in [1.165, 1.54) is 6.42 Å². The zero-order valence-corrected chi connectivity index (χ0v) is 17.2. The second kappa shape index (κ2) is 8.02. The van der Waals surface area contributed by atoms with E-state index in [1.54, 1.807) is 24.3 Å². The maximum Gasteiger partial charge on any atom is 0.344 e. The Hall–Kier alpha value is -2.24. The van der Waals surface area contributed by atoms with Gasteiger partial charge in [-0.25, -0.2) is 4.79 Å². The van der Waals surface area contributed by atoms with Gasteiger partial charge < -0.3 is 19.5 Å². The van der Waals surface area contributed by atoms with Gasteiger partial charge in [0.2, 0.25) is 0 Å². The normalized spacial score (nSPS) is 27.3. The average Bonchev–Trinajstić information content (AvgIpc) is 2.99. The largest absolute Gasteiger partial charge is 0.494 e. The molecule has 154 valence electrons. The van der Waals surface area contributed by atoms with Gasteiger partial charge in [-0.3, -0.25) is 4.79 Å². The van der Waals surface area contributed by atoms with E-state index < -0.39 is 5.97 Å². The lowest BCUT2D eigenvalue weighted by atomic mass is 9.69. The van der Waals surface area contributed by atoms with Crippen molar-refractivity contribution < 1.29 is 23.8 Å². The molecule has 28 heavy (non-hydrogen) atoms. The smallest absolute Gasteiger partial charge is 0.344 e. The Balaban J connectivity index is 1.39. The van der Waals surface area contributed by atoms with Crippen molar-refractivity contribution in [1.29, 1.82) is 0 Å². The number of hydrogen-bond donors (Lipinski definition) is 1. The molecule has 1 aromatic rings. The van der Waals surface area contributed by atoms with Gasteiger partial charge in [-0.15, -0.1) is 0 Å². The number of carbonyl (C=O) groups excluding carboxylic acids is 2. The molecule has 1 aromatic carbocycles. The molecule has 2 aliphatic rings. The number of esters is 1. The summed E-state index contributed by atoms with van der Waals surface area (Å²) in [5.41, 5.74) is 0.335. The fourth-order valence-electron chi connectivity index (χ4n) is 4.79. The van der Waals surface area contributed by atoms with E-state index in [2.05, 4.69) is 26.1 Å². The molecule has 0 aliphatic heterocycles. The highest BCUT2D eigenvalue weighted by molar-refractivity contribution is 5.81. The maximum atomic E-state index is 12.3. The minimum Gasteiger partial charge on any atom is -0.494 e. The van der Waals surface area contributed by atoms with Crippen molar-refractivity contribution in [1.82, 2.24) is 5.32 Å². The van der Waals surface area contributed by atoms with E-state index in [0.29, 0.717) is 18.3 Å². The molecule has 3 unspecified atom stereocenters. The van der Waals surface area contributed by atoms with Crippen LogP contribution in [-0.2, 0) is 14.3 Å². The van der Waals surface area contributed by atoms with Gasteiger partial charge in [0.15, 0.2) is 13.2 Å². The first kappa shape index (κ1) is 20.5. The predicted octanol–water partition coefficient (Wildman–Crippen LogP) is 3.34. The van der Waals surface area contributed by atoms with Gasteiger partial charge in [0.1, 0.15) is 11.5 Å². The van der Waals surface area contributed by atoms with Crippen molar-refractivity contribution in [3.05, 3.63) is 24.3 Å². The molecule has 0 radical (unpaired) electrons. The zero-order valence-electron chi connectivity index (χ0n) is 17.2. The monoisotopic (exact) mass is 389 g/mol. The van der Waals surface area contributed by atoms with E-state index in [4.69, 9.17) is 14.2 Å². The molecule has 2 aliphatic carbocycles.